The quantitative estimate of drug-likeness (QED) is 0.546. The van der Waals surface area contributed by atoms with Crippen LogP contribution in [0.25, 0.3) is 6.08 Å². The molecule has 0 N–H and O–H groups in total. The minimum atomic E-state index is 0.985. The van der Waals surface area contributed by atoms with Crippen LogP contribution in [0, 0.1) is 0 Å². The number of thioether (sulfide) groups is 1. The zero-order valence-electron chi connectivity index (χ0n) is 4.83. The Balaban J connectivity index is 2.53. The molecular formula is C7H6OS. The lowest BCUT2D eigenvalue weighted by Gasteiger charge is -1.99. The second-order valence-corrected chi connectivity index (χ2v) is 2.81. The standard InChI is InChI=1S/C7H6OS/c1-3-8-7-5-9-4-2-6(1)7/h1-4H,5H2. The van der Waals surface area contributed by atoms with Crippen LogP contribution in [0.2, 0.25) is 0 Å². The zero-order chi connectivity index (χ0) is 6.10. The predicted molar refractivity (Wildman–Crippen MR) is 39.0 cm³/mol. The van der Waals surface area contributed by atoms with Crippen LogP contribution in [0.4, 0.5) is 0 Å². The van der Waals surface area contributed by atoms with E-state index in [-0.39, 0.29) is 0 Å². The molecule has 1 aliphatic heterocycles. The molecule has 0 unspecified atom stereocenters. The van der Waals surface area contributed by atoms with Crippen LogP contribution in [-0.4, -0.2) is 0 Å². The molecule has 0 aromatic carbocycles. The summed E-state index contributed by atoms with van der Waals surface area (Å²) in [4.78, 5) is 0. The predicted octanol–water partition coefficient (Wildman–Crippen LogP) is 2.50. The van der Waals surface area contributed by atoms with Crippen LogP contribution >= 0.6 is 11.8 Å². The van der Waals surface area contributed by atoms with Crippen LogP contribution in [0.3, 0.4) is 0 Å². The van der Waals surface area contributed by atoms with Crippen molar-refractivity contribution in [3.8, 4) is 0 Å². The Morgan fingerprint density at radius 2 is 2.56 bits per heavy atom. The summed E-state index contributed by atoms with van der Waals surface area (Å²) in [5.41, 5.74) is 1.23. The van der Waals surface area contributed by atoms with Crippen LogP contribution in [-0.2, 0) is 5.75 Å². The molecule has 0 spiro atoms. The number of furan rings is 1. The third-order valence-electron chi connectivity index (χ3n) is 1.34. The molecule has 0 bridgehead atoms. The van der Waals surface area contributed by atoms with Crippen molar-refractivity contribution in [2.45, 2.75) is 5.75 Å². The van der Waals surface area contributed by atoms with E-state index in [1.807, 2.05) is 6.07 Å². The second-order valence-electron chi connectivity index (χ2n) is 1.91. The van der Waals surface area contributed by atoms with Crippen molar-refractivity contribution in [3.05, 3.63) is 29.1 Å². The van der Waals surface area contributed by atoms with Gasteiger partial charge in [0, 0.05) is 5.56 Å². The summed E-state index contributed by atoms with van der Waals surface area (Å²) >= 11 is 1.77. The van der Waals surface area contributed by atoms with Crippen molar-refractivity contribution < 1.29 is 4.42 Å². The van der Waals surface area contributed by atoms with Crippen molar-refractivity contribution in [2.75, 3.05) is 0 Å². The maximum atomic E-state index is 5.18. The molecule has 0 fully saturated rings. The average Bonchev–Trinajstić information content (AvgIpc) is 2.33. The summed E-state index contributed by atoms with van der Waals surface area (Å²) < 4.78 is 5.18. The molecule has 0 saturated heterocycles. The highest BCUT2D eigenvalue weighted by Crippen LogP contribution is 2.25. The van der Waals surface area contributed by atoms with E-state index in [1.165, 1.54) is 5.56 Å². The zero-order valence-corrected chi connectivity index (χ0v) is 5.65. The third-order valence-corrected chi connectivity index (χ3v) is 2.10. The maximum Gasteiger partial charge on any atom is 0.121 e. The first-order valence-corrected chi connectivity index (χ1v) is 3.86. The van der Waals surface area contributed by atoms with E-state index in [1.54, 1.807) is 18.0 Å². The van der Waals surface area contributed by atoms with E-state index in [2.05, 4.69) is 11.5 Å². The minimum Gasteiger partial charge on any atom is -0.468 e. The molecule has 1 aromatic heterocycles. The van der Waals surface area contributed by atoms with Crippen LogP contribution in [0.15, 0.2) is 22.2 Å². The molecule has 0 aliphatic carbocycles. The molecule has 0 radical (unpaired) electrons. The van der Waals surface area contributed by atoms with Crippen LogP contribution in [0.5, 0.6) is 0 Å². The van der Waals surface area contributed by atoms with Gasteiger partial charge in [-0.3, -0.25) is 0 Å². The summed E-state index contributed by atoms with van der Waals surface area (Å²) in [6.07, 6.45) is 3.81. The lowest BCUT2D eigenvalue weighted by molar-refractivity contribution is 0.529. The van der Waals surface area contributed by atoms with E-state index < -0.39 is 0 Å². The van der Waals surface area contributed by atoms with Gasteiger partial charge in [0.2, 0.25) is 0 Å². The summed E-state index contributed by atoms with van der Waals surface area (Å²) in [7, 11) is 0. The van der Waals surface area contributed by atoms with E-state index in [0.717, 1.165) is 11.5 Å². The van der Waals surface area contributed by atoms with E-state index in [0.29, 0.717) is 0 Å². The minimum absolute atomic E-state index is 0.985. The van der Waals surface area contributed by atoms with E-state index in [9.17, 15) is 0 Å². The third kappa shape index (κ3) is 0.793. The summed E-state index contributed by atoms with van der Waals surface area (Å²) in [5.74, 6) is 2.08. The Labute approximate surface area is 57.7 Å². The second kappa shape index (κ2) is 1.95. The lowest BCUT2D eigenvalue weighted by Crippen LogP contribution is -1.81. The first-order valence-electron chi connectivity index (χ1n) is 2.81. The number of hydrogen-bond donors (Lipinski definition) is 0. The topological polar surface area (TPSA) is 13.1 Å². The Hall–Kier alpha value is -0.630. The molecule has 0 saturated carbocycles. The fourth-order valence-corrected chi connectivity index (χ4v) is 1.59. The highest BCUT2D eigenvalue weighted by atomic mass is 32.2. The molecule has 2 heteroatoms. The average molecular weight is 138 g/mol. The normalized spacial score (nSPS) is 15.6. The van der Waals surface area contributed by atoms with E-state index >= 15 is 0 Å². The van der Waals surface area contributed by atoms with Crippen molar-refractivity contribution in [1.82, 2.24) is 0 Å². The SMILES string of the molecule is C1=Cc2ccoc2CS1. The van der Waals surface area contributed by atoms with Gasteiger partial charge in [0.05, 0.1) is 12.0 Å². The number of fused-ring (bicyclic) bond motifs is 1. The Kier molecular flexibility index (Phi) is 1.12. The van der Waals surface area contributed by atoms with Gasteiger partial charge in [0.15, 0.2) is 0 Å². The molecule has 1 nitrogen and oxygen atoms in total. The molecule has 1 aliphatic rings. The summed E-state index contributed by atoms with van der Waals surface area (Å²) in [6, 6.07) is 1.99. The highest BCUT2D eigenvalue weighted by Gasteiger charge is 2.05. The van der Waals surface area contributed by atoms with Crippen LogP contribution in [0.1, 0.15) is 11.3 Å². The molecule has 0 amide bonds. The first kappa shape index (κ1) is 5.18. The van der Waals surface area contributed by atoms with Gasteiger partial charge in [-0.1, -0.05) is 0 Å². The molecule has 2 heterocycles. The van der Waals surface area contributed by atoms with Gasteiger partial charge in [-0.25, -0.2) is 0 Å². The van der Waals surface area contributed by atoms with Crippen LogP contribution < -0.4 is 0 Å². The number of hydrogen-bond acceptors (Lipinski definition) is 2. The largest absolute Gasteiger partial charge is 0.468 e. The Morgan fingerprint density at radius 3 is 3.44 bits per heavy atom. The van der Waals surface area contributed by atoms with Crippen molar-refractivity contribution >= 4 is 17.8 Å². The molecule has 0 atom stereocenters. The molecule has 1 aromatic rings. The van der Waals surface area contributed by atoms with Crippen molar-refractivity contribution in [3.63, 3.8) is 0 Å². The van der Waals surface area contributed by atoms with Gasteiger partial charge in [-0.2, -0.15) is 0 Å². The smallest absolute Gasteiger partial charge is 0.121 e. The van der Waals surface area contributed by atoms with Gasteiger partial charge < -0.3 is 4.42 Å². The molecule has 9 heavy (non-hydrogen) atoms. The fraction of sp³-hybridized carbons (Fsp3) is 0.143. The molecular weight excluding hydrogens is 132 g/mol. The maximum absolute atomic E-state index is 5.18. The lowest BCUT2D eigenvalue weighted by atomic mass is 10.2. The van der Waals surface area contributed by atoms with Gasteiger partial charge in [-0.05, 0) is 17.6 Å². The van der Waals surface area contributed by atoms with Gasteiger partial charge in [0.1, 0.15) is 5.76 Å². The summed E-state index contributed by atoms with van der Waals surface area (Å²) in [5, 5.41) is 2.10. The first-order chi connectivity index (χ1) is 4.47. The van der Waals surface area contributed by atoms with E-state index in [4.69, 9.17) is 4.42 Å². The molecule has 2 rings (SSSR count). The highest BCUT2D eigenvalue weighted by molar-refractivity contribution is 8.01. The summed E-state index contributed by atoms with van der Waals surface area (Å²) in [6.45, 7) is 0. The Morgan fingerprint density at radius 1 is 1.56 bits per heavy atom. The fourth-order valence-electron chi connectivity index (χ4n) is 0.862. The Bertz CT molecular complexity index is 237. The van der Waals surface area contributed by atoms with Crippen molar-refractivity contribution in [2.24, 2.45) is 0 Å². The monoisotopic (exact) mass is 138 g/mol. The molecule has 46 valence electrons. The van der Waals surface area contributed by atoms with Crippen molar-refractivity contribution in [1.29, 1.82) is 0 Å². The number of rotatable bonds is 0. The van der Waals surface area contributed by atoms with Gasteiger partial charge in [-0.15, -0.1) is 11.8 Å². The van der Waals surface area contributed by atoms with Gasteiger partial charge >= 0.3 is 0 Å². The van der Waals surface area contributed by atoms with Gasteiger partial charge in [0.25, 0.3) is 0 Å².